The highest BCUT2D eigenvalue weighted by molar-refractivity contribution is 5.82. The molecule has 0 spiro atoms. The van der Waals surface area contributed by atoms with Gasteiger partial charge in [0.2, 0.25) is 0 Å². The van der Waals surface area contributed by atoms with Gasteiger partial charge in [0.1, 0.15) is 0 Å². The molecule has 0 amide bonds. The first-order valence-corrected chi connectivity index (χ1v) is 5.54. The van der Waals surface area contributed by atoms with E-state index in [2.05, 4.69) is 23.8 Å². The Kier molecular flexibility index (Phi) is 2.26. The van der Waals surface area contributed by atoms with Crippen LogP contribution in [0.4, 0.5) is 0 Å². The standard InChI is InChI=1S/C15H12N2/c1-2-12-8-9-13-11-16-17(15(13)10-12)14-6-4-3-5-7-14/h2-11H,1H2. The number of fused-ring (bicyclic) bond motifs is 1. The molecule has 0 aliphatic heterocycles. The normalized spacial score (nSPS) is 10.6. The van der Waals surface area contributed by atoms with Gasteiger partial charge in [0.05, 0.1) is 17.4 Å². The lowest BCUT2D eigenvalue weighted by Crippen LogP contribution is -1.95. The van der Waals surface area contributed by atoms with Gasteiger partial charge in [-0.25, -0.2) is 4.68 Å². The van der Waals surface area contributed by atoms with E-state index >= 15 is 0 Å². The first-order chi connectivity index (χ1) is 8.38. The number of aromatic nitrogens is 2. The first-order valence-electron chi connectivity index (χ1n) is 5.54. The zero-order valence-corrected chi connectivity index (χ0v) is 9.38. The van der Waals surface area contributed by atoms with Gasteiger partial charge in [-0.2, -0.15) is 5.10 Å². The van der Waals surface area contributed by atoms with E-state index in [1.807, 2.05) is 53.4 Å². The van der Waals surface area contributed by atoms with E-state index < -0.39 is 0 Å². The van der Waals surface area contributed by atoms with E-state index in [0.717, 1.165) is 22.2 Å². The van der Waals surface area contributed by atoms with Crippen LogP contribution in [0.3, 0.4) is 0 Å². The van der Waals surface area contributed by atoms with Gasteiger partial charge in [-0.05, 0) is 23.8 Å². The molecule has 1 heterocycles. The quantitative estimate of drug-likeness (QED) is 0.644. The zero-order valence-electron chi connectivity index (χ0n) is 9.38. The second kappa shape index (κ2) is 3.91. The summed E-state index contributed by atoms with van der Waals surface area (Å²) in [5.74, 6) is 0. The minimum absolute atomic E-state index is 1.07. The molecule has 0 saturated carbocycles. The van der Waals surface area contributed by atoms with Gasteiger partial charge in [0.25, 0.3) is 0 Å². The number of nitrogens with zero attached hydrogens (tertiary/aromatic N) is 2. The summed E-state index contributed by atoms with van der Waals surface area (Å²) in [4.78, 5) is 0. The summed E-state index contributed by atoms with van der Waals surface area (Å²) in [6.07, 6.45) is 3.73. The molecule has 0 aliphatic rings. The highest BCUT2D eigenvalue weighted by Gasteiger charge is 2.04. The van der Waals surface area contributed by atoms with Crippen LogP contribution in [-0.2, 0) is 0 Å². The van der Waals surface area contributed by atoms with Crippen molar-refractivity contribution in [3.8, 4) is 5.69 Å². The fourth-order valence-corrected chi connectivity index (χ4v) is 1.94. The molecule has 0 atom stereocenters. The van der Waals surface area contributed by atoms with E-state index in [1.165, 1.54) is 0 Å². The summed E-state index contributed by atoms with van der Waals surface area (Å²) in [6.45, 7) is 3.79. The smallest absolute Gasteiger partial charge is 0.0747 e. The minimum Gasteiger partial charge on any atom is -0.233 e. The van der Waals surface area contributed by atoms with Crippen LogP contribution in [-0.4, -0.2) is 9.78 Å². The van der Waals surface area contributed by atoms with Crippen molar-refractivity contribution in [2.45, 2.75) is 0 Å². The molecular formula is C15H12N2. The topological polar surface area (TPSA) is 17.8 Å². The Morgan fingerprint density at radius 2 is 1.88 bits per heavy atom. The van der Waals surface area contributed by atoms with Crippen LogP contribution in [0.1, 0.15) is 5.56 Å². The predicted octanol–water partition coefficient (Wildman–Crippen LogP) is 3.67. The Morgan fingerprint density at radius 3 is 2.65 bits per heavy atom. The average molecular weight is 220 g/mol. The molecule has 0 unspecified atom stereocenters. The maximum absolute atomic E-state index is 4.42. The van der Waals surface area contributed by atoms with E-state index in [4.69, 9.17) is 0 Å². The van der Waals surface area contributed by atoms with Crippen molar-refractivity contribution in [3.05, 3.63) is 66.9 Å². The van der Waals surface area contributed by atoms with Crippen LogP contribution in [0.5, 0.6) is 0 Å². The molecule has 3 rings (SSSR count). The summed E-state index contributed by atoms with van der Waals surface area (Å²) in [6, 6.07) is 16.3. The van der Waals surface area contributed by atoms with Crippen molar-refractivity contribution >= 4 is 17.0 Å². The third kappa shape index (κ3) is 1.64. The molecule has 1 aromatic heterocycles. The van der Waals surface area contributed by atoms with Crippen molar-refractivity contribution in [3.63, 3.8) is 0 Å². The van der Waals surface area contributed by atoms with E-state index in [9.17, 15) is 0 Å². The molecule has 3 aromatic rings. The van der Waals surface area contributed by atoms with Crippen molar-refractivity contribution in [1.29, 1.82) is 0 Å². The fraction of sp³-hybridized carbons (Fsp3) is 0. The minimum atomic E-state index is 1.07. The predicted molar refractivity (Wildman–Crippen MR) is 71.2 cm³/mol. The van der Waals surface area contributed by atoms with Crippen LogP contribution in [0, 0.1) is 0 Å². The number of benzene rings is 2. The summed E-state index contributed by atoms with van der Waals surface area (Å²) >= 11 is 0. The lowest BCUT2D eigenvalue weighted by atomic mass is 10.1. The largest absolute Gasteiger partial charge is 0.233 e. The third-order valence-electron chi connectivity index (χ3n) is 2.83. The molecule has 17 heavy (non-hydrogen) atoms. The summed E-state index contributed by atoms with van der Waals surface area (Å²) in [5, 5.41) is 5.56. The average Bonchev–Trinajstić information content (AvgIpc) is 2.82. The van der Waals surface area contributed by atoms with Gasteiger partial charge in [-0.3, -0.25) is 0 Å². The lowest BCUT2D eigenvalue weighted by molar-refractivity contribution is 0.911. The van der Waals surface area contributed by atoms with Crippen LogP contribution >= 0.6 is 0 Å². The van der Waals surface area contributed by atoms with Crippen molar-refractivity contribution in [2.75, 3.05) is 0 Å². The molecule has 2 heteroatoms. The van der Waals surface area contributed by atoms with Crippen LogP contribution in [0.25, 0.3) is 22.7 Å². The van der Waals surface area contributed by atoms with Crippen LogP contribution in [0.2, 0.25) is 0 Å². The van der Waals surface area contributed by atoms with Crippen molar-refractivity contribution < 1.29 is 0 Å². The Labute approximate surface area is 99.8 Å². The second-order valence-electron chi connectivity index (χ2n) is 3.91. The molecule has 0 saturated heterocycles. The Bertz CT molecular complexity index is 666. The molecule has 0 fully saturated rings. The Morgan fingerprint density at radius 1 is 1.06 bits per heavy atom. The Hall–Kier alpha value is -2.35. The monoisotopic (exact) mass is 220 g/mol. The Balaban J connectivity index is 2.27. The molecular weight excluding hydrogens is 208 g/mol. The number of hydrogen-bond acceptors (Lipinski definition) is 1. The molecule has 0 bridgehead atoms. The summed E-state index contributed by atoms with van der Waals surface area (Å²) in [5.41, 5.74) is 3.28. The van der Waals surface area contributed by atoms with E-state index in [1.54, 1.807) is 0 Å². The number of rotatable bonds is 2. The van der Waals surface area contributed by atoms with E-state index in [-0.39, 0.29) is 0 Å². The van der Waals surface area contributed by atoms with Crippen LogP contribution in [0.15, 0.2) is 61.3 Å². The fourth-order valence-electron chi connectivity index (χ4n) is 1.94. The van der Waals surface area contributed by atoms with Crippen LogP contribution < -0.4 is 0 Å². The van der Waals surface area contributed by atoms with Gasteiger partial charge in [0, 0.05) is 5.39 Å². The molecule has 82 valence electrons. The third-order valence-corrected chi connectivity index (χ3v) is 2.83. The van der Waals surface area contributed by atoms with Crippen molar-refractivity contribution in [2.24, 2.45) is 0 Å². The number of hydrogen-bond donors (Lipinski definition) is 0. The highest BCUT2D eigenvalue weighted by atomic mass is 15.3. The summed E-state index contributed by atoms with van der Waals surface area (Å²) < 4.78 is 1.95. The van der Waals surface area contributed by atoms with Gasteiger partial charge >= 0.3 is 0 Å². The van der Waals surface area contributed by atoms with Gasteiger partial charge in [0.15, 0.2) is 0 Å². The molecule has 2 nitrogen and oxygen atoms in total. The molecule has 0 N–H and O–H groups in total. The molecule has 2 aromatic carbocycles. The zero-order chi connectivity index (χ0) is 11.7. The van der Waals surface area contributed by atoms with Gasteiger partial charge in [-0.15, -0.1) is 0 Å². The molecule has 0 aliphatic carbocycles. The SMILES string of the molecule is C=Cc1ccc2cnn(-c3ccccc3)c2c1. The second-order valence-corrected chi connectivity index (χ2v) is 3.91. The first kappa shape index (κ1) is 9.85. The molecule has 0 radical (unpaired) electrons. The maximum atomic E-state index is 4.42. The van der Waals surface area contributed by atoms with Crippen molar-refractivity contribution in [1.82, 2.24) is 9.78 Å². The highest BCUT2D eigenvalue weighted by Crippen LogP contribution is 2.19. The maximum Gasteiger partial charge on any atom is 0.0747 e. The lowest BCUT2D eigenvalue weighted by Gasteiger charge is -2.03. The van der Waals surface area contributed by atoms with E-state index in [0.29, 0.717) is 0 Å². The van der Waals surface area contributed by atoms with Gasteiger partial charge < -0.3 is 0 Å². The van der Waals surface area contributed by atoms with Gasteiger partial charge in [-0.1, -0.05) is 43.0 Å². The summed E-state index contributed by atoms with van der Waals surface area (Å²) in [7, 11) is 0. The number of para-hydroxylation sites is 1.